The highest BCUT2D eigenvalue weighted by molar-refractivity contribution is 6.30. The predicted molar refractivity (Wildman–Crippen MR) is 67.1 cm³/mol. The van der Waals surface area contributed by atoms with Crippen LogP contribution in [-0.4, -0.2) is 13.7 Å². The normalized spacial score (nSPS) is 10.8. The van der Waals surface area contributed by atoms with Crippen LogP contribution in [0.4, 0.5) is 0 Å². The molecule has 0 saturated carbocycles. The van der Waals surface area contributed by atoms with Gasteiger partial charge in [0.05, 0.1) is 13.7 Å². The Bertz CT molecular complexity index is 324. The quantitative estimate of drug-likeness (QED) is 0.704. The highest BCUT2D eigenvalue weighted by Gasteiger charge is 2.04. The van der Waals surface area contributed by atoms with Gasteiger partial charge in [0.15, 0.2) is 0 Å². The second-order valence-electron chi connectivity index (χ2n) is 4.19. The zero-order chi connectivity index (χ0) is 12.0. The SMILES string of the molecule is COc1cc(Cl)ccc1COCCC(C)C. The third kappa shape index (κ3) is 4.42. The summed E-state index contributed by atoms with van der Waals surface area (Å²) >= 11 is 5.88. The van der Waals surface area contributed by atoms with Gasteiger partial charge in [-0.25, -0.2) is 0 Å². The summed E-state index contributed by atoms with van der Waals surface area (Å²) in [5.41, 5.74) is 1.04. The summed E-state index contributed by atoms with van der Waals surface area (Å²) in [6.45, 7) is 5.73. The van der Waals surface area contributed by atoms with Crippen molar-refractivity contribution < 1.29 is 9.47 Å². The lowest BCUT2D eigenvalue weighted by Gasteiger charge is -2.10. The van der Waals surface area contributed by atoms with Crippen LogP contribution in [-0.2, 0) is 11.3 Å². The second kappa shape index (κ2) is 6.77. The van der Waals surface area contributed by atoms with Crippen LogP contribution in [0.25, 0.3) is 0 Å². The third-order valence-corrected chi connectivity index (χ3v) is 2.58. The van der Waals surface area contributed by atoms with Crippen LogP contribution in [0, 0.1) is 5.92 Å². The third-order valence-electron chi connectivity index (χ3n) is 2.35. The molecule has 0 atom stereocenters. The van der Waals surface area contributed by atoms with Crippen LogP contribution in [0.2, 0.25) is 5.02 Å². The Kier molecular flexibility index (Phi) is 5.64. The molecule has 0 aromatic heterocycles. The standard InChI is InChI=1S/C13H19ClO2/c1-10(2)6-7-16-9-11-4-5-12(14)8-13(11)15-3/h4-5,8,10H,6-7,9H2,1-3H3. The van der Waals surface area contributed by atoms with Gasteiger partial charge in [0.25, 0.3) is 0 Å². The number of ether oxygens (including phenoxy) is 2. The van der Waals surface area contributed by atoms with E-state index in [1.807, 2.05) is 18.2 Å². The Morgan fingerprint density at radius 1 is 1.31 bits per heavy atom. The smallest absolute Gasteiger partial charge is 0.125 e. The molecule has 0 fully saturated rings. The number of benzene rings is 1. The molecule has 0 heterocycles. The molecule has 0 aliphatic rings. The van der Waals surface area contributed by atoms with Crippen molar-refractivity contribution in [2.45, 2.75) is 26.9 Å². The maximum absolute atomic E-state index is 5.88. The Morgan fingerprint density at radius 3 is 2.69 bits per heavy atom. The van der Waals surface area contributed by atoms with E-state index in [9.17, 15) is 0 Å². The summed E-state index contributed by atoms with van der Waals surface area (Å²) in [6.07, 6.45) is 1.08. The zero-order valence-corrected chi connectivity index (χ0v) is 10.9. The molecular formula is C13H19ClO2. The fraction of sp³-hybridized carbons (Fsp3) is 0.538. The number of hydrogen-bond acceptors (Lipinski definition) is 2. The predicted octanol–water partition coefficient (Wildman–Crippen LogP) is 3.91. The van der Waals surface area contributed by atoms with E-state index in [1.54, 1.807) is 7.11 Å². The first kappa shape index (κ1) is 13.3. The summed E-state index contributed by atoms with van der Waals surface area (Å²) in [5, 5.41) is 0.683. The van der Waals surface area contributed by atoms with Crippen molar-refractivity contribution in [3.8, 4) is 5.75 Å². The van der Waals surface area contributed by atoms with Crippen LogP contribution in [0.5, 0.6) is 5.75 Å². The monoisotopic (exact) mass is 242 g/mol. The minimum absolute atomic E-state index is 0.576. The molecular weight excluding hydrogens is 224 g/mol. The van der Waals surface area contributed by atoms with Gasteiger partial charge >= 0.3 is 0 Å². The van der Waals surface area contributed by atoms with Gasteiger partial charge in [0.1, 0.15) is 5.75 Å². The average molecular weight is 243 g/mol. The first-order valence-corrected chi connectivity index (χ1v) is 5.91. The Labute approximate surface area is 103 Å². The van der Waals surface area contributed by atoms with Gasteiger partial charge in [0.2, 0.25) is 0 Å². The minimum Gasteiger partial charge on any atom is -0.496 e. The lowest BCUT2D eigenvalue weighted by Crippen LogP contribution is -2.00. The van der Waals surface area contributed by atoms with Gasteiger partial charge in [-0.05, 0) is 24.5 Å². The first-order valence-electron chi connectivity index (χ1n) is 5.53. The van der Waals surface area contributed by atoms with Crippen molar-refractivity contribution >= 4 is 11.6 Å². The number of methoxy groups -OCH3 is 1. The van der Waals surface area contributed by atoms with E-state index >= 15 is 0 Å². The highest BCUT2D eigenvalue weighted by Crippen LogP contribution is 2.23. The second-order valence-corrected chi connectivity index (χ2v) is 4.63. The van der Waals surface area contributed by atoms with Crippen molar-refractivity contribution in [2.24, 2.45) is 5.92 Å². The summed E-state index contributed by atoms with van der Waals surface area (Å²) in [4.78, 5) is 0. The lowest BCUT2D eigenvalue weighted by atomic mass is 10.1. The Morgan fingerprint density at radius 2 is 2.06 bits per heavy atom. The molecule has 0 amide bonds. The van der Waals surface area contributed by atoms with Crippen molar-refractivity contribution in [2.75, 3.05) is 13.7 Å². The number of hydrogen-bond donors (Lipinski definition) is 0. The molecule has 16 heavy (non-hydrogen) atoms. The fourth-order valence-corrected chi connectivity index (χ4v) is 1.50. The summed E-state index contributed by atoms with van der Waals surface area (Å²) in [6, 6.07) is 5.60. The molecule has 0 unspecified atom stereocenters. The molecule has 1 aromatic rings. The van der Waals surface area contributed by atoms with Gasteiger partial charge in [-0.15, -0.1) is 0 Å². The summed E-state index contributed by atoms with van der Waals surface area (Å²) in [5.74, 6) is 1.46. The molecule has 1 aromatic carbocycles. The van der Waals surface area contributed by atoms with E-state index in [0.29, 0.717) is 17.5 Å². The largest absolute Gasteiger partial charge is 0.496 e. The van der Waals surface area contributed by atoms with Gasteiger partial charge in [-0.2, -0.15) is 0 Å². The van der Waals surface area contributed by atoms with Crippen LogP contribution in [0.15, 0.2) is 18.2 Å². The molecule has 0 aliphatic heterocycles. The van der Waals surface area contributed by atoms with Crippen LogP contribution < -0.4 is 4.74 Å². The summed E-state index contributed by atoms with van der Waals surface area (Å²) < 4.78 is 10.8. The van der Waals surface area contributed by atoms with E-state index in [1.165, 1.54) is 0 Å². The molecule has 0 bridgehead atoms. The Hall–Kier alpha value is -0.730. The van der Waals surface area contributed by atoms with Crippen molar-refractivity contribution in [3.05, 3.63) is 28.8 Å². The van der Waals surface area contributed by atoms with E-state index in [2.05, 4.69) is 13.8 Å². The fourth-order valence-electron chi connectivity index (χ4n) is 1.34. The molecule has 1 rings (SSSR count). The van der Waals surface area contributed by atoms with Crippen LogP contribution in [0.3, 0.4) is 0 Å². The molecule has 2 nitrogen and oxygen atoms in total. The van der Waals surface area contributed by atoms with Crippen LogP contribution in [0.1, 0.15) is 25.8 Å². The lowest BCUT2D eigenvalue weighted by molar-refractivity contribution is 0.109. The summed E-state index contributed by atoms with van der Waals surface area (Å²) in [7, 11) is 1.64. The highest BCUT2D eigenvalue weighted by atomic mass is 35.5. The Balaban J connectivity index is 2.47. The topological polar surface area (TPSA) is 18.5 Å². The number of rotatable bonds is 6. The molecule has 0 aliphatic carbocycles. The van der Waals surface area contributed by atoms with Gasteiger partial charge in [-0.3, -0.25) is 0 Å². The van der Waals surface area contributed by atoms with Gasteiger partial charge in [0, 0.05) is 17.2 Å². The van der Waals surface area contributed by atoms with Crippen molar-refractivity contribution in [1.29, 1.82) is 0 Å². The van der Waals surface area contributed by atoms with E-state index in [-0.39, 0.29) is 0 Å². The van der Waals surface area contributed by atoms with Crippen molar-refractivity contribution in [1.82, 2.24) is 0 Å². The van der Waals surface area contributed by atoms with Crippen LogP contribution >= 0.6 is 11.6 Å². The molecule has 0 saturated heterocycles. The van der Waals surface area contributed by atoms with E-state index < -0.39 is 0 Å². The van der Waals surface area contributed by atoms with E-state index in [4.69, 9.17) is 21.1 Å². The maximum atomic E-state index is 5.88. The number of halogens is 1. The molecule has 0 N–H and O–H groups in total. The molecule has 0 spiro atoms. The van der Waals surface area contributed by atoms with Crippen molar-refractivity contribution in [3.63, 3.8) is 0 Å². The van der Waals surface area contributed by atoms with Gasteiger partial charge < -0.3 is 9.47 Å². The van der Waals surface area contributed by atoms with E-state index in [0.717, 1.165) is 24.3 Å². The van der Waals surface area contributed by atoms with Gasteiger partial charge in [-0.1, -0.05) is 31.5 Å². The molecule has 0 radical (unpaired) electrons. The molecule has 90 valence electrons. The maximum Gasteiger partial charge on any atom is 0.125 e. The first-order chi connectivity index (χ1) is 7.63. The minimum atomic E-state index is 0.576. The molecule has 3 heteroatoms. The zero-order valence-electron chi connectivity index (χ0n) is 10.1. The average Bonchev–Trinajstić information content (AvgIpc) is 2.25.